The van der Waals surface area contributed by atoms with Crippen LogP contribution in [0.25, 0.3) is 0 Å². The summed E-state index contributed by atoms with van der Waals surface area (Å²) in [5, 5.41) is 9.81. The molecule has 3 nitrogen and oxygen atoms in total. The number of anilines is 2. The van der Waals surface area contributed by atoms with Gasteiger partial charge in [-0.25, -0.2) is 4.39 Å². The molecule has 0 aliphatic carbocycles. The highest BCUT2D eigenvalue weighted by molar-refractivity contribution is 5.70. The molecule has 0 spiro atoms. The van der Waals surface area contributed by atoms with Crippen LogP contribution in [0.2, 0.25) is 0 Å². The van der Waals surface area contributed by atoms with Crippen LogP contribution >= 0.6 is 0 Å². The van der Waals surface area contributed by atoms with Gasteiger partial charge in [-0.05, 0) is 11.6 Å². The van der Waals surface area contributed by atoms with E-state index in [0.717, 1.165) is 16.9 Å². The van der Waals surface area contributed by atoms with Gasteiger partial charge in [0.2, 0.25) is 0 Å². The van der Waals surface area contributed by atoms with Crippen LogP contribution in [0, 0.1) is 5.82 Å². The van der Waals surface area contributed by atoms with E-state index in [0.29, 0.717) is 12.1 Å². The van der Waals surface area contributed by atoms with Crippen molar-refractivity contribution in [3.63, 3.8) is 0 Å². The van der Waals surface area contributed by atoms with Crippen molar-refractivity contribution in [2.45, 2.75) is 6.42 Å². The summed E-state index contributed by atoms with van der Waals surface area (Å²) in [6, 6.07) is 5.09. The molecule has 1 aromatic heterocycles. The highest BCUT2D eigenvalue weighted by atomic mass is 19.1. The Bertz CT molecular complexity index is 490. The molecule has 0 atom stereocenters. The minimum absolute atomic E-state index is 0.214. The summed E-state index contributed by atoms with van der Waals surface area (Å²) in [4.78, 5) is 0. The molecule has 0 saturated heterocycles. The van der Waals surface area contributed by atoms with E-state index in [9.17, 15) is 4.39 Å². The summed E-state index contributed by atoms with van der Waals surface area (Å²) >= 11 is 0. The molecule has 70 valence electrons. The molecule has 1 aliphatic rings. The van der Waals surface area contributed by atoms with Crippen LogP contribution in [0.1, 0.15) is 11.3 Å². The molecule has 0 bridgehead atoms. The third-order valence-electron chi connectivity index (χ3n) is 2.45. The van der Waals surface area contributed by atoms with Gasteiger partial charge < -0.3 is 5.32 Å². The maximum atomic E-state index is 13.4. The van der Waals surface area contributed by atoms with Gasteiger partial charge in [-0.1, -0.05) is 12.1 Å². The Morgan fingerprint density at radius 3 is 3.21 bits per heavy atom. The van der Waals surface area contributed by atoms with Crippen LogP contribution in [0.3, 0.4) is 0 Å². The Labute approximate surface area is 80.0 Å². The summed E-state index contributed by atoms with van der Waals surface area (Å²) in [5.41, 5.74) is 3.40. The SMILES string of the molecule is Fc1cccc2c1Nc1cn[nH]c1C2. The van der Waals surface area contributed by atoms with Crippen LogP contribution in [0.4, 0.5) is 15.8 Å². The molecule has 2 N–H and O–H groups in total. The number of hydrogen-bond acceptors (Lipinski definition) is 2. The maximum absolute atomic E-state index is 13.4. The van der Waals surface area contributed by atoms with Crippen molar-refractivity contribution in [3.8, 4) is 0 Å². The molecule has 1 aromatic carbocycles. The van der Waals surface area contributed by atoms with E-state index >= 15 is 0 Å². The molecule has 0 radical (unpaired) electrons. The topological polar surface area (TPSA) is 40.7 Å². The number of H-pyrrole nitrogens is 1. The highest BCUT2D eigenvalue weighted by Gasteiger charge is 2.18. The first-order chi connectivity index (χ1) is 6.84. The van der Waals surface area contributed by atoms with Gasteiger partial charge in [-0.2, -0.15) is 5.10 Å². The largest absolute Gasteiger partial charge is 0.350 e. The second-order valence-corrected chi connectivity index (χ2v) is 3.34. The van der Waals surface area contributed by atoms with Crippen molar-refractivity contribution in [2.24, 2.45) is 0 Å². The Kier molecular flexibility index (Phi) is 1.39. The second-order valence-electron chi connectivity index (χ2n) is 3.34. The number of benzene rings is 1. The van der Waals surface area contributed by atoms with Crippen molar-refractivity contribution in [1.29, 1.82) is 0 Å². The molecule has 0 unspecified atom stereocenters. The smallest absolute Gasteiger partial charge is 0.146 e. The quantitative estimate of drug-likeness (QED) is 0.569. The fourth-order valence-electron chi connectivity index (χ4n) is 1.74. The van der Waals surface area contributed by atoms with E-state index in [-0.39, 0.29) is 5.82 Å². The van der Waals surface area contributed by atoms with Crippen molar-refractivity contribution in [1.82, 2.24) is 10.2 Å². The maximum Gasteiger partial charge on any atom is 0.146 e. The van der Waals surface area contributed by atoms with Crippen LogP contribution < -0.4 is 5.32 Å². The number of hydrogen-bond donors (Lipinski definition) is 2. The van der Waals surface area contributed by atoms with E-state index in [1.54, 1.807) is 12.3 Å². The summed E-state index contributed by atoms with van der Waals surface area (Å²) in [5.74, 6) is -0.214. The van der Waals surface area contributed by atoms with Crippen LogP contribution in [-0.2, 0) is 6.42 Å². The molecule has 0 saturated carbocycles. The molecule has 14 heavy (non-hydrogen) atoms. The van der Waals surface area contributed by atoms with E-state index in [4.69, 9.17) is 0 Å². The number of aromatic nitrogens is 2. The summed E-state index contributed by atoms with van der Waals surface area (Å²) in [6.45, 7) is 0. The zero-order valence-corrected chi connectivity index (χ0v) is 7.34. The first-order valence-electron chi connectivity index (χ1n) is 4.41. The molecule has 4 heteroatoms. The van der Waals surface area contributed by atoms with Gasteiger partial charge >= 0.3 is 0 Å². The molecular formula is C10H8FN3. The molecule has 3 rings (SSSR count). The number of aromatic amines is 1. The molecule has 2 aromatic rings. The first-order valence-corrected chi connectivity index (χ1v) is 4.41. The van der Waals surface area contributed by atoms with Crippen molar-refractivity contribution >= 4 is 11.4 Å². The Morgan fingerprint density at radius 1 is 1.36 bits per heavy atom. The van der Waals surface area contributed by atoms with Gasteiger partial charge in [0.1, 0.15) is 5.82 Å². The Hall–Kier alpha value is -1.84. The zero-order chi connectivity index (χ0) is 9.54. The highest BCUT2D eigenvalue weighted by Crippen LogP contribution is 2.32. The van der Waals surface area contributed by atoms with Gasteiger partial charge in [-0.3, -0.25) is 5.10 Å². The fourth-order valence-corrected chi connectivity index (χ4v) is 1.74. The molecule has 2 heterocycles. The standard InChI is InChI=1S/C10H8FN3/c11-7-3-1-2-6-4-8-9(5-12-14-8)13-10(6)7/h1-3,5,13H,4H2,(H,12,14). The average Bonchev–Trinajstić information content (AvgIpc) is 2.62. The lowest BCUT2D eigenvalue weighted by Crippen LogP contribution is -2.07. The van der Waals surface area contributed by atoms with Crippen molar-refractivity contribution in [2.75, 3.05) is 5.32 Å². The lowest BCUT2D eigenvalue weighted by Gasteiger charge is -2.17. The Morgan fingerprint density at radius 2 is 2.29 bits per heavy atom. The zero-order valence-electron chi connectivity index (χ0n) is 7.34. The van der Waals surface area contributed by atoms with Gasteiger partial charge in [0.15, 0.2) is 0 Å². The van der Waals surface area contributed by atoms with Gasteiger partial charge in [0, 0.05) is 6.42 Å². The molecule has 1 aliphatic heterocycles. The minimum atomic E-state index is -0.214. The third-order valence-corrected chi connectivity index (χ3v) is 2.45. The number of nitrogens with one attached hydrogen (secondary N) is 2. The van der Waals surface area contributed by atoms with Crippen molar-refractivity contribution in [3.05, 3.63) is 41.5 Å². The van der Waals surface area contributed by atoms with E-state index in [1.165, 1.54) is 6.07 Å². The van der Waals surface area contributed by atoms with Crippen LogP contribution in [-0.4, -0.2) is 10.2 Å². The number of fused-ring (bicyclic) bond motifs is 2. The van der Waals surface area contributed by atoms with E-state index < -0.39 is 0 Å². The molecular weight excluding hydrogens is 181 g/mol. The van der Waals surface area contributed by atoms with E-state index in [2.05, 4.69) is 15.5 Å². The fraction of sp³-hybridized carbons (Fsp3) is 0.100. The monoisotopic (exact) mass is 189 g/mol. The second kappa shape index (κ2) is 2.57. The number of rotatable bonds is 0. The van der Waals surface area contributed by atoms with Gasteiger partial charge in [-0.15, -0.1) is 0 Å². The minimum Gasteiger partial charge on any atom is -0.350 e. The lowest BCUT2D eigenvalue weighted by molar-refractivity contribution is 0.629. The lowest BCUT2D eigenvalue weighted by atomic mass is 10.0. The third kappa shape index (κ3) is 0.937. The van der Waals surface area contributed by atoms with Crippen LogP contribution in [0.15, 0.2) is 24.4 Å². The van der Waals surface area contributed by atoms with Gasteiger partial charge in [0.05, 0.1) is 23.3 Å². The average molecular weight is 189 g/mol. The number of para-hydroxylation sites is 1. The Balaban J connectivity index is 2.17. The van der Waals surface area contributed by atoms with Crippen molar-refractivity contribution < 1.29 is 4.39 Å². The first kappa shape index (κ1) is 7.55. The predicted octanol–water partition coefficient (Wildman–Crippen LogP) is 2.20. The molecule has 0 amide bonds. The number of halogens is 1. The van der Waals surface area contributed by atoms with Crippen LogP contribution in [0.5, 0.6) is 0 Å². The predicted molar refractivity (Wildman–Crippen MR) is 51.1 cm³/mol. The normalized spacial score (nSPS) is 12.9. The summed E-state index contributed by atoms with van der Waals surface area (Å²) in [6.07, 6.45) is 2.38. The molecule has 0 fully saturated rings. The van der Waals surface area contributed by atoms with Gasteiger partial charge in [0.25, 0.3) is 0 Å². The number of nitrogens with zero attached hydrogens (tertiary/aromatic N) is 1. The summed E-state index contributed by atoms with van der Waals surface area (Å²) < 4.78 is 13.4. The van der Waals surface area contributed by atoms with E-state index in [1.807, 2.05) is 6.07 Å². The summed E-state index contributed by atoms with van der Waals surface area (Å²) in [7, 11) is 0.